The summed E-state index contributed by atoms with van der Waals surface area (Å²) >= 11 is 1.71. The molecule has 6 nitrogen and oxygen atoms in total. The van der Waals surface area contributed by atoms with Crippen LogP contribution in [0.4, 0.5) is 0 Å². The highest BCUT2D eigenvalue weighted by atomic mass is 32.2. The molecule has 0 unspecified atom stereocenters. The summed E-state index contributed by atoms with van der Waals surface area (Å²) in [4.78, 5) is 11.6. The SMILES string of the molecule is CO[Si](CCCSCCC(=O)OCCOc1ccccc1)(OC)OC. The number of benzene rings is 1. The van der Waals surface area contributed by atoms with Crippen molar-refractivity contribution in [3.8, 4) is 5.75 Å². The average molecular weight is 389 g/mol. The first-order valence-corrected chi connectivity index (χ1v) is 11.3. The summed E-state index contributed by atoms with van der Waals surface area (Å²) in [5.74, 6) is 2.24. The van der Waals surface area contributed by atoms with Crippen LogP contribution in [0.2, 0.25) is 6.04 Å². The minimum atomic E-state index is -2.47. The van der Waals surface area contributed by atoms with Crippen LogP contribution in [-0.4, -0.2) is 60.8 Å². The molecule has 0 aromatic heterocycles. The summed E-state index contributed by atoms with van der Waals surface area (Å²) < 4.78 is 26.7. The Morgan fingerprint density at radius 1 is 1.00 bits per heavy atom. The summed E-state index contributed by atoms with van der Waals surface area (Å²) in [5, 5.41) is 0. The zero-order valence-corrected chi connectivity index (χ0v) is 17.0. The molecule has 0 heterocycles. The molecule has 142 valence electrons. The van der Waals surface area contributed by atoms with E-state index in [0.29, 0.717) is 13.0 Å². The Bertz CT molecular complexity index is 461. The molecule has 0 radical (unpaired) electrons. The van der Waals surface area contributed by atoms with Crippen LogP contribution in [0.5, 0.6) is 5.75 Å². The Kier molecular flexibility index (Phi) is 11.6. The molecule has 8 heteroatoms. The van der Waals surface area contributed by atoms with Crippen LogP contribution in [0.15, 0.2) is 30.3 Å². The predicted molar refractivity (Wildman–Crippen MR) is 101 cm³/mol. The highest BCUT2D eigenvalue weighted by Crippen LogP contribution is 2.17. The van der Waals surface area contributed by atoms with Gasteiger partial charge >= 0.3 is 14.8 Å². The van der Waals surface area contributed by atoms with Crippen molar-refractivity contribution < 1.29 is 27.5 Å². The molecule has 0 saturated heterocycles. The number of hydrogen-bond acceptors (Lipinski definition) is 7. The van der Waals surface area contributed by atoms with Crippen molar-refractivity contribution in [2.24, 2.45) is 0 Å². The Hall–Kier alpha value is -1.06. The van der Waals surface area contributed by atoms with Gasteiger partial charge in [-0.3, -0.25) is 4.79 Å². The van der Waals surface area contributed by atoms with E-state index >= 15 is 0 Å². The van der Waals surface area contributed by atoms with Gasteiger partial charge in [0, 0.05) is 33.1 Å². The van der Waals surface area contributed by atoms with Gasteiger partial charge in [0.15, 0.2) is 0 Å². The first-order chi connectivity index (χ1) is 12.2. The second-order valence-corrected chi connectivity index (χ2v) is 9.46. The number of carbonyl (C=O) groups is 1. The van der Waals surface area contributed by atoms with Crippen molar-refractivity contribution in [3.05, 3.63) is 30.3 Å². The van der Waals surface area contributed by atoms with Gasteiger partial charge in [-0.15, -0.1) is 0 Å². The fourth-order valence-electron chi connectivity index (χ4n) is 2.11. The summed E-state index contributed by atoms with van der Waals surface area (Å²) in [6.07, 6.45) is 1.32. The van der Waals surface area contributed by atoms with Gasteiger partial charge in [0.1, 0.15) is 19.0 Å². The number of hydrogen-bond donors (Lipinski definition) is 0. The summed E-state index contributed by atoms with van der Waals surface area (Å²) in [5.41, 5.74) is 0. The molecule has 1 rings (SSSR count). The smallest absolute Gasteiger partial charge is 0.490 e. The molecule has 0 aliphatic rings. The van der Waals surface area contributed by atoms with Gasteiger partial charge in [-0.2, -0.15) is 11.8 Å². The van der Waals surface area contributed by atoms with E-state index in [1.807, 2.05) is 30.3 Å². The van der Waals surface area contributed by atoms with E-state index in [1.54, 1.807) is 33.1 Å². The monoisotopic (exact) mass is 388 g/mol. The molecule has 0 atom stereocenters. The standard InChI is InChI=1S/C17H28O6SSi/c1-19-25(20-2,21-3)15-7-13-24-14-10-17(18)23-12-11-22-16-8-5-4-6-9-16/h4-6,8-9H,7,10-15H2,1-3H3. The van der Waals surface area contributed by atoms with Crippen LogP contribution in [0.3, 0.4) is 0 Å². The maximum atomic E-state index is 11.6. The molecule has 0 saturated carbocycles. The Labute approximate surface area is 155 Å². The zero-order valence-electron chi connectivity index (χ0n) is 15.2. The predicted octanol–water partition coefficient (Wildman–Crippen LogP) is 3.00. The van der Waals surface area contributed by atoms with Gasteiger partial charge in [-0.05, 0) is 24.3 Å². The second kappa shape index (κ2) is 13.2. The third kappa shape index (κ3) is 9.27. The van der Waals surface area contributed by atoms with Crippen LogP contribution in [0.1, 0.15) is 12.8 Å². The van der Waals surface area contributed by atoms with Gasteiger partial charge < -0.3 is 22.8 Å². The number of carbonyl (C=O) groups excluding carboxylic acids is 1. The fraction of sp³-hybridized carbons (Fsp3) is 0.588. The third-order valence-electron chi connectivity index (χ3n) is 3.51. The van der Waals surface area contributed by atoms with E-state index in [-0.39, 0.29) is 12.6 Å². The summed E-state index contributed by atoms with van der Waals surface area (Å²) in [6.45, 7) is 0.628. The number of para-hydroxylation sites is 1. The summed E-state index contributed by atoms with van der Waals surface area (Å²) in [7, 11) is 2.38. The van der Waals surface area contributed by atoms with Crippen LogP contribution in [0, 0.1) is 0 Å². The van der Waals surface area contributed by atoms with Crippen LogP contribution in [-0.2, 0) is 22.8 Å². The van der Waals surface area contributed by atoms with E-state index in [0.717, 1.165) is 29.7 Å². The van der Waals surface area contributed by atoms with E-state index in [9.17, 15) is 4.79 Å². The highest BCUT2D eigenvalue weighted by Gasteiger charge is 2.36. The molecule has 0 aliphatic carbocycles. The van der Waals surface area contributed by atoms with Gasteiger partial charge in [0.25, 0.3) is 0 Å². The zero-order chi connectivity index (χ0) is 18.4. The first-order valence-electron chi connectivity index (χ1n) is 8.22. The van der Waals surface area contributed by atoms with E-state index in [2.05, 4.69) is 0 Å². The van der Waals surface area contributed by atoms with E-state index in [4.69, 9.17) is 22.8 Å². The molecular formula is C17H28O6SSi. The summed E-state index contributed by atoms with van der Waals surface area (Å²) in [6, 6.07) is 10.2. The van der Waals surface area contributed by atoms with Crippen LogP contribution in [0.25, 0.3) is 0 Å². The number of esters is 1. The van der Waals surface area contributed by atoms with Crippen molar-refractivity contribution in [2.45, 2.75) is 18.9 Å². The van der Waals surface area contributed by atoms with Crippen molar-refractivity contribution in [3.63, 3.8) is 0 Å². The average Bonchev–Trinajstić information content (AvgIpc) is 2.66. The minimum Gasteiger partial charge on any atom is -0.490 e. The van der Waals surface area contributed by atoms with Crippen molar-refractivity contribution >= 4 is 26.5 Å². The lowest BCUT2D eigenvalue weighted by molar-refractivity contribution is -0.143. The van der Waals surface area contributed by atoms with E-state index < -0.39 is 8.80 Å². The minimum absolute atomic E-state index is 0.196. The molecule has 25 heavy (non-hydrogen) atoms. The second-order valence-electron chi connectivity index (χ2n) is 5.14. The lowest BCUT2D eigenvalue weighted by Crippen LogP contribution is -2.42. The Morgan fingerprint density at radius 2 is 1.68 bits per heavy atom. The molecule has 0 bridgehead atoms. The quantitative estimate of drug-likeness (QED) is 0.276. The largest absolute Gasteiger partial charge is 0.500 e. The molecule has 0 amide bonds. The Morgan fingerprint density at radius 3 is 2.32 bits per heavy atom. The van der Waals surface area contributed by atoms with Crippen molar-refractivity contribution in [1.82, 2.24) is 0 Å². The number of ether oxygens (including phenoxy) is 2. The molecule has 0 aliphatic heterocycles. The maximum absolute atomic E-state index is 11.6. The van der Waals surface area contributed by atoms with Gasteiger partial charge in [0.05, 0.1) is 6.42 Å². The van der Waals surface area contributed by atoms with Gasteiger partial charge in [-0.25, -0.2) is 0 Å². The van der Waals surface area contributed by atoms with Crippen molar-refractivity contribution in [2.75, 3.05) is 46.0 Å². The third-order valence-corrected chi connectivity index (χ3v) is 7.42. The van der Waals surface area contributed by atoms with Crippen LogP contribution >= 0.6 is 11.8 Å². The first kappa shape index (κ1) is 22.0. The molecule has 1 aromatic rings. The molecule has 1 aromatic carbocycles. The topological polar surface area (TPSA) is 63.2 Å². The number of thioether (sulfide) groups is 1. The Balaban J connectivity index is 2.00. The van der Waals surface area contributed by atoms with E-state index in [1.165, 1.54) is 0 Å². The maximum Gasteiger partial charge on any atom is 0.500 e. The molecule has 0 spiro atoms. The van der Waals surface area contributed by atoms with Gasteiger partial charge in [0.2, 0.25) is 0 Å². The molecule has 0 N–H and O–H groups in total. The lowest BCUT2D eigenvalue weighted by atomic mass is 10.3. The highest BCUT2D eigenvalue weighted by molar-refractivity contribution is 7.99. The van der Waals surface area contributed by atoms with Crippen LogP contribution < -0.4 is 4.74 Å². The fourth-order valence-corrected chi connectivity index (χ4v) is 4.95. The molecular weight excluding hydrogens is 360 g/mol. The van der Waals surface area contributed by atoms with Crippen molar-refractivity contribution in [1.29, 1.82) is 0 Å². The molecule has 0 fully saturated rings. The lowest BCUT2D eigenvalue weighted by Gasteiger charge is -2.24. The normalized spacial score (nSPS) is 11.3. The van der Waals surface area contributed by atoms with Gasteiger partial charge in [-0.1, -0.05) is 18.2 Å². The number of rotatable bonds is 14.